The lowest BCUT2D eigenvalue weighted by molar-refractivity contribution is 0.0975. The number of phenolic OH excluding ortho intramolecular Hbond substituents is 2. The van der Waals surface area contributed by atoms with E-state index in [2.05, 4.69) is 0 Å². The summed E-state index contributed by atoms with van der Waals surface area (Å²) in [7, 11) is 2.70. The van der Waals surface area contributed by atoms with Gasteiger partial charge in [0.2, 0.25) is 5.75 Å². The first-order chi connectivity index (χ1) is 10.5. The Morgan fingerprint density at radius 1 is 0.864 bits per heavy atom. The molecule has 112 valence electrons. The Morgan fingerprint density at radius 3 is 2.23 bits per heavy atom. The maximum Gasteiger partial charge on any atom is 0.203 e. The van der Waals surface area contributed by atoms with Crippen molar-refractivity contribution in [1.29, 1.82) is 0 Å². The minimum absolute atomic E-state index is 0.0680. The number of fused-ring (bicyclic) bond motifs is 2. The first-order valence-corrected chi connectivity index (χ1v) is 6.40. The molecular weight excluding hydrogens is 288 g/mol. The Morgan fingerprint density at radius 2 is 1.59 bits per heavy atom. The molecule has 0 aliphatic heterocycles. The van der Waals surface area contributed by atoms with E-state index < -0.39 is 23.1 Å². The van der Waals surface area contributed by atoms with Gasteiger partial charge in [0.05, 0.1) is 19.8 Å². The van der Waals surface area contributed by atoms with Crippen molar-refractivity contribution in [3.8, 4) is 23.0 Å². The quantitative estimate of drug-likeness (QED) is 0.750. The van der Waals surface area contributed by atoms with E-state index >= 15 is 0 Å². The minimum Gasteiger partial charge on any atom is -0.504 e. The number of hydrogen-bond acceptors (Lipinski definition) is 6. The van der Waals surface area contributed by atoms with Gasteiger partial charge in [-0.2, -0.15) is 0 Å². The molecule has 0 saturated heterocycles. The monoisotopic (exact) mass is 300 g/mol. The zero-order valence-corrected chi connectivity index (χ0v) is 11.8. The summed E-state index contributed by atoms with van der Waals surface area (Å²) in [6.07, 6.45) is 0. The van der Waals surface area contributed by atoms with Crippen LogP contribution in [-0.2, 0) is 0 Å². The van der Waals surface area contributed by atoms with Crippen molar-refractivity contribution in [1.82, 2.24) is 0 Å². The van der Waals surface area contributed by atoms with Crippen molar-refractivity contribution >= 4 is 11.6 Å². The molecule has 0 radical (unpaired) electrons. The Balaban J connectivity index is 2.31. The standard InChI is InChI=1S/C16H12O6/c1-21-7-3-4-8-9(5-7)13(18)10-6-11(17)16(22-2)15(20)12(10)14(8)19/h3-6,17,20H,1-2H3. The summed E-state index contributed by atoms with van der Waals surface area (Å²) in [5.74, 6) is -1.74. The largest absolute Gasteiger partial charge is 0.504 e. The lowest BCUT2D eigenvalue weighted by atomic mass is 9.83. The van der Waals surface area contributed by atoms with Gasteiger partial charge in [0.15, 0.2) is 23.1 Å². The fourth-order valence-corrected chi connectivity index (χ4v) is 2.56. The summed E-state index contributed by atoms with van der Waals surface area (Å²) in [6.45, 7) is 0. The van der Waals surface area contributed by atoms with Crippen molar-refractivity contribution in [2.75, 3.05) is 14.2 Å². The molecule has 2 aromatic carbocycles. The molecule has 1 aliphatic carbocycles. The summed E-state index contributed by atoms with van der Waals surface area (Å²) in [6, 6.07) is 5.60. The van der Waals surface area contributed by atoms with Crippen molar-refractivity contribution in [2.24, 2.45) is 0 Å². The Hall–Kier alpha value is -3.02. The molecule has 2 N–H and O–H groups in total. The van der Waals surface area contributed by atoms with E-state index in [0.717, 1.165) is 6.07 Å². The van der Waals surface area contributed by atoms with Crippen molar-refractivity contribution < 1.29 is 29.3 Å². The molecule has 0 saturated carbocycles. The highest BCUT2D eigenvalue weighted by molar-refractivity contribution is 6.29. The number of methoxy groups -OCH3 is 2. The lowest BCUT2D eigenvalue weighted by Crippen LogP contribution is -2.21. The van der Waals surface area contributed by atoms with Crippen LogP contribution in [0.1, 0.15) is 31.8 Å². The summed E-state index contributed by atoms with van der Waals surface area (Å²) in [5.41, 5.74) is 0.0982. The van der Waals surface area contributed by atoms with E-state index in [0.29, 0.717) is 5.75 Å². The second-order valence-corrected chi connectivity index (χ2v) is 4.77. The maximum absolute atomic E-state index is 12.6. The fraction of sp³-hybridized carbons (Fsp3) is 0.125. The Bertz CT molecular complexity index is 822. The van der Waals surface area contributed by atoms with Crippen LogP contribution >= 0.6 is 0 Å². The predicted octanol–water partition coefficient (Wildman–Crippen LogP) is 1.89. The highest BCUT2D eigenvalue weighted by Gasteiger charge is 2.35. The summed E-state index contributed by atoms with van der Waals surface area (Å²) in [5, 5.41) is 20.0. The van der Waals surface area contributed by atoms with Gasteiger partial charge < -0.3 is 19.7 Å². The van der Waals surface area contributed by atoms with Gasteiger partial charge in [-0.3, -0.25) is 9.59 Å². The predicted molar refractivity (Wildman–Crippen MR) is 76.2 cm³/mol. The molecule has 0 fully saturated rings. The van der Waals surface area contributed by atoms with Gasteiger partial charge in [-0.05, 0) is 24.3 Å². The maximum atomic E-state index is 12.6. The molecule has 2 aromatic rings. The van der Waals surface area contributed by atoms with Crippen molar-refractivity contribution in [3.63, 3.8) is 0 Å². The molecule has 0 spiro atoms. The van der Waals surface area contributed by atoms with Gasteiger partial charge >= 0.3 is 0 Å². The summed E-state index contributed by atoms with van der Waals surface area (Å²) in [4.78, 5) is 25.1. The molecular formula is C16H12O6. The van der Waals surface area contributed by atoms with E-state index in [1.165, 1.54) is 26.4 Å². The van der Waals surface area contributed by atoms with Crippen LogP contribution in [0, 0.1) is 0 Å². The fourth-order valence-electron chi connectivity index (χ4n) is 2.56. The summed E-state index contributed by atoms with van der Waals surface area (Å²) < 4.78 is 9.92. The number of hydrogen-bond donors (Lipinski definition) is 2. The van der Waals surface area contributed by atoms with Crippen LogP contribution < -0.4 is 9.47 Å². The summed E-state index contributed by atoms with van der Waals surface area (Å²) >= 11 is 0. The molecule has 6 nitrogen and oxygen atoms in total. The first-order valence-electron chi connectivity index (χ1n) is 6.40. The average Bonchev–Trinajstić information content (AvgIpc) is 2.52. The molecule has 0 unspecified atom stereocenters. The second kappa shape index (κ2) is 4.77. The highest BCUT2D eigenvalue weighted by atomic mass is 16.5. The number of ether oxygens (including phenoxy) is 2. The van der Waals surface area contributed by atoms with Gasteiger partial charge in [0.25, 0.3) is 0 Å². The number of aromatic hydroxyl groups is 2. The zero-order valence-electron chi connectivity index (χ0n) is 11.8. The van der Waals surface area contributed by atoms with Gasteiger partial charge in [0, 0.05) is 16.7 Å². The van der Waals surface area contributed by atoms with Gasteiger partial charge in [-0.1, -0.05) is 0 Å². The normalized spacial score (nSPS) is 12.6. The third kappa shape index (κ3) is 1.74. The molecule has 0 amide bonds. The van der Waals surface area contributed by atoms with E-state index in [1.807, 2.05) is 0 Å². The van der Waals surface area contributed by atoms with E-state index in [-0.39, 0.29) is 28.0 Å². The second-order valence-electron chi connectivity index (χ2n) is 4.77. The van der Waals surface area contributed by atoms with Crippen LogP contribution in [0.4, 0.5) is 0 Å². The number of benzene rings is 2. The van der Waals surface area contributed by atoms with E-state index in [4.69, 9.17) is 9.47 Å². The number of carbonyl (C=O) groups excluding carboxylic acids is 2. The van der Waals surface area contributed by atoms with Crippen LogP contribution in [0.2, 0.25) is 0 Å². The van der Waals surface area contributed by atoms with Crippen LogP contribution in [0.5, 0.6) is 23.0 Å². The number of carbonyl (C=O) groups is 2. The molecule has 0 heterocycles. The SMILES string of the molecule is COc1ccc2c(c1)C(=O)c1cc(O)c(OC)c(O)c1C2=O. The van der Waals surface area contributed by atoms with Crippen LogP contribution in [-0.4, -0.2) is 36.0 Å². The zero-order chi connectivity index (χ0) is 16.0. The molecule has 22 heavy (non-hydrogen) atoms. The van der Waals surface area contributed by atoms with Crippen LogP contribution in [0.3, 0.4) is 0 Å². The smallest absolute Gasteiger partial charge is 0.203 e. The first kappa shape index (κ1) is 13.9. The average molecular weight is 300 g/mol. The number of rotatable bonds is 2. The van der Waals surface area contributed by atoms with Gasteiger partial charge in [-0.15, -0.1) is 0 Å². The van der Waals surface area contributed by atoms with Crippen molar-refractivity contribution in [3.05, 3.63) is 46.5 Å². The van der Waals surface area contributed by atoms with Crippen LogP contribution in [0.25, 0.3) is 0 Å². The minimum atomic E-state index is -0.544. The molecule has 0 atom stereocenters. The number of phenols is 2. The molecule has 1 aliphatic rings. The lowest BCUT2D eigenvalue weighted by Gasteiger charge is -2.20. The Kier molecular flexibility index (Phi) is 3.02. The van der Waals surface area contributed by atoms with E-state index in [1.54, 1.807) is 6.07 Å². The molecule has 3 rings (SSSR count). The highest BCUT2D eigenvalue weighted by Crippen LogP contribution is 2.44. The van der Waals surface area contributed by atoms with Gasteiger partial charge in [-0.25, -0.2) is 0 Å². The molecule has 0 aromatic heterocycles. The van der Waals surface area contributed by atoms with Gasteiger partial charge in [0.1, 0.15) is 5.75 Å². The topological polar surface area (TPSA) is 93.1 Å². The molecule has 0 bridgehead atoms. The Labute approximate surface area is 125 Å². The van der Waals surface area contributed by atoms with Crippen molar-refractivity contribution in [2.45, 2.75) is 0 Å². The third-order valence-corrected chi connectivity index (χ3v) is 3.63. The number of ketones is 2. The van der Waals surface area contributed by atoms with Crippen LogP contribution in [0.15, 0.2) is 24.3 Å². The third-order valence-electron chi connectivity index (χ3n) is 3.63. The molecule has 6 heteroatoms. The van der Waals surface area contributed by atoms with E-state index in [9.17, 15) is 19.8 Å².